The summed E-state index contributed by atoms with van der Waals surface area (Å²) in [7, 11) is 0. The standard InChI is InChI=1S/C16H21N3O2/c17-13-6-5-12(11-13)16(20)18-14-3-1-2-4-15(14)19-7-9-21-10-8-19/h1-6,12-13H,7-11,17H2,(H,18,20). The second kappa shape index (κ2) is 6.28. The number of nitrogens with two attached hydrogens (primary N) is 1. The molecule has 3 rings (SSSR count). The van der Waals surface area contributed by atoms with Crippen LogP contribution >= 0.6 is 0 Å². The molecule has 0 saturated carbocycles. The largest absolute Gasteiger partial charge is 0.378 e. The summed E-state index contributed by atoms with van der Waals surface area (Å²) < 4.78 is 5.38. The van der Waals surface area contributed by atoms with Gasteiger partial charge in [0, 0.05) is 19.1 Å². The Morgan fingerprint density at radius 3 is 2.71 bits per heavy atom. The number of nitrogens with zero attached hydrogens (tertiary/aromatic N) is 1. The van der Waals surface area contributed by atoms with Crippen molar-refractivity contribution in [1.82, 2.24) is 0 Å². The molecule has 21 heavy (non-hydrogen) atoms. The number of amides is 1. The number of hydrogen-bond donors (Lipinski definition) is 2. The lowest BCUT2D eigenvalue weighted by atomic mass is 10.1. The van der Waals surface area contributed by atoms with Gasteiger partial charge in [-0.2, -0.15) is 0 Å². The maximum absolute atomic E-state index is 12.3. The third-order valence-corrected chi connectivity index (χ3v) is 3.97. The van der Waals surface area contributed by atoms with Gasteiger partial charge in [-0.3, -0.25) is 4.79 Å². The first kappa shape index (κ1) is 14.1. The van der Waals surface area contributed by atoms with Crippen LogP contribution < -0.4 is 16.0 Å². The second-order valence-electron chi connectivity index (χ2n) is 5.50. The molecular formula is C16H21N3O2. The van der Waals surface area contributed by atoms with Crippen molar-refractivity contribution in [1.29, 1.82) is 0 Å². The predicted molar refractivity (Wildman–Crippen MR) is 83.3 cm³/mol. The first-order chi connectivity index (χ1) is 10.2. The van der Waals surface area contributed by atoms with E-state index in [2.05, 4.69) is 10.2 Å². The maximum atomic E-state index is 12.3. The topological polar surface area (TPSA) is 67.6 Å². The van der Waals surface area contributed by atoms with Crippen LogP contribution in [-0.2, 0) is 9.53 Å². The summed E-state index contributed by atoms with van der Waals surface area (Å²) in [5.41, 5.74) is 7.73. The van der Waals surface area contributed by atoms with Crippen molar-refractivity contribution >= 4 is 17.3 Å². The zero-order chi connectivity index (χ0) is 14.7. The van der Waals surface area contributed by atoms with Gasteiger partial charge in [-0.1, -0.05) is 24.3 Å². The van der Waals surface area contributed by atoms with Gasteiger partial charge in [-0.15, -0.1) is 0 Å². The van der Waals surface area contributed by atoms with Crippen molar-refractivity contribution in [2.75, 3.05) is 36.5 Å². The Balaban J connectivity index is 1.73. The van der Waals surface area contributed by atoms with E-state index < -0.39 is 0 Å². The molecule has 1 heterocycles. The van der Waals surface area contributed by atoms with Crippen molar-refractivity contribution < 1.29 is 9.53 Å². The van der Waals surface area contributed by atoms with Crippen LogP contribution in [0.1, 0.15) is 6.42 Å². The lowest BCUT2D eigenvalue weighted by Gasteiger charge is -2.30. The first-order valence-electron chi connectivity index (χ1n) is 7.40. The Morgan fingerprint density at radius 2 is 2.00 bits per heavy atom. The van der Waals surface area contributed by atoms with E-state index in [0.29, 0.717) is 6.42 Å². The van der Waals surface area contributed by atoms with E-state index in [0.717, 1.165) is 37.7 Å². The number of anilines is 2. The summed E-state index contributed by atoms with van der Waals surface area (Å²) in [5, 5.41) is 3.04. The molecule has 0 spiro atoms. The second-order valence-corrected chi connectivity index (χ2v) is 5.50. The molecule has 1 aromatic rings. The van der Waals surface area contributed by atoms with Gasteiger partial charge >= 0.3 is 0 Å². The van der Waals surface area contributed by atoms with Crippen LogP contribution in [0.2, 0.25) is 0 Å². The van der Waals surface area contributed by atoms with Gasteiger partial charge < -0.3 is 20.7 Å². The molecule has 5 nitrogen and oxygen atoms in total. The smallest absolute Gasteiger partial charge is 0.231 e. The molecule has 5 heteroatoms. The lowest BCUT2D eigenvalue weighted by molar-refractivity contribution is -0.118. The van der Waals surface area contributed by atoms with Crippen LogP contribution in [0.15, 0.2) is 36.4 Å². The molecule has 2 unspecified atom stereocenters. The maximum Gasteiger partial charge on any atom is 0.231 e. The summed E-state index contributed by atoms with van der Waals surface area (Å²) >= 11 is 0. The highest BCUT2D eigenvalue weighted by Gasteiger charge is 2.24. The number of carbonyl (C=O) groups excluding carboxylic acids is 1. The Morgan fingerprint density at radius 1 is 1.24 bits per heavy atom. The Kier molecular flexibility index (Phi) is 4.22. The van der Waals surface area contributed by atoms with Gasteiger partial charge in [0.25, 0.3) is 0 Å². The number of hydrogen-bond acceptors (Lipinski definition) is 4. The molecule has 1 saturated heterocycles. The summed E-state index contributed by atoms with van der Waals surface area (Å²) in [4.78, 5) is 14.6. The first-order valence-corrected chi connectivity index (χ1v) is 7.40. The molecule has 1 aliphatic carbocycles. The van der Waals surface area contributed by atoms with E-state index in [9.17, 15) is 4.79 Å². The zero-order valence-corrected chi connectivity index (χ0v) is 12.0. The average molecular weight is 287 g/mol. The van der Waals surface area contributed by atoms with Crippen LogP contribution in [0.3, 0.4) is 0 Å². The fourth-order valence-electron chi connectivity index (χ4n) is 2.81. The molecule has 0 aromatic heterocycles. The zero-order valence-electron chi connectivity index (χ0n) is 12.0. The molecular weight excluding hydrogens is 266 g/mol. The van der Waals surface area contributed by atoms with E-state index in [-0.39, 0.29) is 17.9 Å². The summed E-state index contributed by atoms with van der Waals surface area (Å²) in [6, 6.07) is 7.91. The minimum absolute atomic E-state index is 0.00441. The monoisotopic (exact) mass is 287 g/mol. The number of nitrogens with one attached hydrogen (secondary N) is 1. The highest BCUT2D eigenvalue weighted by Crippen LogP contribution is 2.28. The van der Waals surface area contributed by atoms with Crippen LogP contribution in [0.4, 0.5) is 11.4 Å². The number of morpholine rings is 1. The number of rotatable bonds is 3. The van der Waals surface area contributed by atoms with Crippen LogP contribution in [-0.4, -0.2) is 38.3 Å². The van der Waals surface area contributed by atoms with Crippen molar-refractivity contribution in [3.05, 3.63) is 36.4 Å². The summed E-state index contributed by atoms with van der Waals surface area (Å²) in [6.07, 6.45) is 4.49. The van der Waals surface area contributed by atoms with Gasteiger partial charge in [0.15, 0.2) is 0 Å². The SMILES string of the molecule is NC1C=CC(C(=O)Nc2ccccc2N2CCOCC2)C1. The molecule has 0 bridgehead atoms. The number of carbonyl (C=O) groups is 1. The third-order valence-electron chi connectivity index (χ3n) is 3.97. The van der Waals surface area contributed by atoms with Gasteiger partial charge in [0.1, 0.15) is 0 Å². The molecule has 2 aliphatic rings. The third kappa shape index (κ3) is 3.25. The quantitative estimate of drug-likeness (QED) is 0.824. The normalized spacial score (nSPS) is 25.1. The molecule has 112 valence electrons. The average Bonchev–Trinajstić information content (AvgIpc) is 2.95. The van der Waals surface area contributed by atoms with Gasteiger partial charge in [-0.25, -0.2) is 0 Å². The van der Waals surface area contributed by atoms with E-state index >= 15 is 0 Å². The summed E-state index contributed by atoms with van der Waals surface area (Å²) in [5.74, 6) is -0.113. The van der Waals surface area contributed by atoms with E-state index in [1.54, 1.807) is 0 Å². The van der Waals surface area contributed by atoms with E-state index in [1.165, 1.54) is 0 Å². The summed E-state index contributed by atoms with van der Waals surface area (Å²) in [6.45, 7) is 3.15. The number of benzene rings is 1. The fraction of sp³-hybridized carbons (Fsp3) is 0.438. The molecule has 3 N–H and O–H groups in total. The van der Waals surface area contributed by atoms with Crippen LogP contribution in [0, 0.1) is 5.92 Å². The number of para-hydroxylation sites is 2. The number of ether oxygens (including phenoxy) is 1. The molecule has 1 amide bonds. The fourth-order valence-corrected chi connectivity index (χ4v) is 2.81. The van der Waals surface area contributed by atoms with E-state index in [1.807, 2.05) is 36.4 Å². The molecule has 1 aliphatic heterocycles. The Hall–Kier alpha value is -1.85. The van der Waals surface area contributed by atoms with Crippen molar-refractivity contribution in [3.8, 4) is 0 Å². The van der Waals surface area contributed by atoms with Gasteiger partial charge in [0.05, 0.1) is 30.5 Å². The van der Waals surface area contributed by atoms with Crippen LogP contribution in [0.25, 0.3) is 0 Å². The highest BCUT2D eigenvalue weighted by molar-refractivity contribution is 5.97. The van der Waals surface area contributed by atoms with Crippen molar-refractivity contribution in [2.45, 2.75) is 12.5 Å². The van der Waals surface area contributed by atoms with Gasteiger partial charge in [0.2, 0.25) is 5.91 Å². The minimum atomic E-state index is -0.127. The lowest BCUT2D eigenvalue weighted by Crippen LogP contribution is -2.37. The molecule has 1 fully saturated rings. The Labute approximate surface area is 124 Å². The van der Waals surface area contributed by atoms with E-state index in [4.69, 9.17) is 10.5 Å². The van der Waals surface area contributed by atoms with Crippen LogP contribution in [0.5, 0.6) is 0 Å². The Bertz CT molecular complexity index is 538. The molecule has 2 atom stereocenters. The highest BCUT2D eigenvalue weighted by atomic mass is 16.5. The predicted octanol–water partition coefficient (Wildman–Crippen LogP) is 1.37. The van der Waals surface area contributed by atoms with Crippen molar-refractivity contribution in [2.24, 2.45) is 11.7 Å². The minimum Gasteiger partial charge on any atom is -0.378 e. The van der Waals surface area contributed by atoms with Gasteiger partial charge in [-0.05, 0) is 18.6 Å². The molecule has 0 radical (unpaired) electrons. The molecule has 1 aromatic carbocycles. The van der Waals surface area contributed by atoms with Crippen molar-refractivity contribution in [3.63, 3.8) is 0 Å².